The van der Waals surface area contributed by atoms with E-state index in [1.165, 1.54) is 36.4 Å². The summed E-state index contributed by atoms with van der Waals surface area (Å²) in [5.41, 5.74) is 0.548. The van der Waals surface area contributed by atoms with Crippen molar-refractivity contribution in [3.63, 3.8) is 0 Å². The van der Waals surface area contributed by atoms with Crippen molar-refractivity contribution >= 4 is 11.8 Å². The van der Waals surface area contributed by atoms with E-state index in [1.54, 1.807) is 12.1 Å². The van der Waals surface area contributed by atoms with Gasteiger partial charge in [-0.15, -0.1) is 0 Å². The summed E-state index contributed by atoms with van der Waals surface area (Å²) in [6.07, 6.45) is 3.03. The number of hydrogen-bond donors (Lipinski definition) is 2. The minimum absolute atomic E-state index is 0.0997. The molecule has 2 atom stereocenters. The van der Waals surface area contributed by atoms with Crippen LogP contribution in [0.4, 0.5) is 8.78 Å². The molecular formula is C20H20F2N2O2. The molecule has 4 nitrogen and oxygen atoms in total. The zero-order chi connectivity index (χ0) is 18.5. The number of nitrogens with one attached hydrogen (secondary N) is 2. The highest BCUT2D eigenvalue weighted by Gasteiger charge is 2.25. The molecule has 0 saturated heterocycles. The Labute approximate surface area is 150 Å². The number of carbonyl (C=O) groups excluding carboxylic acids is 2. The standard InChI is InChI=1S/C20H20F2N2O2/c21-15-6-1-4-13(10-15)19(25)23-17-8-3-9-18(12-17)24-20(26)14-5-2-7-16(22)11-14/h1-2,4-7,10-11,17-18H,3,8-9,12H2,(H,23,25)(H,24,26)/t17-,18-/m0/s1. The lowest BCUT2D eigenvalue weighted by Crippen LogP contribution is -2.45. The van der Waals surface area contributed by atoms with E-state index in [-0.39, 0.29) is 35.0 Å². The molecule has 1 aliphatic carbocycles. The van der Waals surface area contributed by atoms with E-state index in [1.807, 2.05) is 0 Å². The van der Waals surface area contributed by atoms with Crippen molar-refractivity contribution in [3.05, 3.63) is 71.3 Å². The van der Waals surface area contributed by atoms with Gasteiger partial charge in [-0.1, -0.05) is 12.1 Å². The summed E-state index contributed by atoms with van der Waals surface area (Å²) in [4.78, 5) is 24.5. The number of benzene rings is 2. The van der Waals surface area contributed by atoms with Gasteiger partial charge in [0.2, 0.25) is 0 Å². The van der Waals surface area contributed by atoms with Crippen LogP contribution in [0.3, 0.4) is 0 Å². The van der Waals surface area contributed by atoms with Crippen molar-refractivity contribution in [1.82, 2.24) is 10.6 Å². The van der Waals surface area contributed by atoms with Crippen LogP contribution in [0.15, 0.2) is 48.5 Å². The average molecular weight is 358 g/mol. The maximum absolute atomic E-state index is 13.2. The summed E-state index contributed by atoms with van der Waals surface area (Å²) in [5, 5.41) is 5.80. The zero-order valence-corrected chi connectivity index (χ0v) is 14.2. The Balaban J connectivity index is 1.57. The van der Waals surface area contributed by atoms with Gasteiger partial charge >= 0.3 is 0 Å². The summed E-state index contributed by atoms with van der Waals surface area (Å²) in [6, 6.07) is 10.9. The molecule has 2 aromatic rings. The van der Waals surface area contributed by atoms with Crippen molar-refractivity contribution in [3.8, 4) is 0 Å². The zero-order valence-electron chi connectivity index (χ0n) is 14.2. The van der Waals surface area contributed by atoms with E-state index >= 15 is 0 Å². The number of halogens is 2. The van der Waals surface area contributed by atoms with Crippen molar-refractivity contribution in [2.24, 2.45) is 0 Å². The minimum atomic E-state index is -0.457. The first-order chi connectivity index (χ1) is 12.5. The minimum Gasteiger partial charge on any atom is -0.349 e. The maximum atomic E-state index is 13.2. The van der Waals surface area contributed by atoms with Crippen LogP contribution >= 0.6 is 0 Å². The van der Waals surface area contributed by atoms with E-state index in [0.717, 1.165) is 19.3 Å². The van der Waals surface area contributed by atoms with Gasteiger partial charge in [-0.3, -0.25) is 9.59 Å². The molecule has 26 heavy (non-hydrogen) atoms. The van der Waals surface area contributed by atoms with Crippen LogP contribution in [0.5, 0.6) is 0 Å². The molecule has 136 valence electrons. The third-order valence-corrected chi connectivity index (χ3v) is 4.52. The molecule has 0 heterocycles. The van der Waals surface area contributed by atoms with Crippen LogP contribution in [0.2, 0.25) is 0 Å². The summed E-state index contributed by atoms with van der Waals surface area (Å²) in [6.45, 7) is 0. The monoisotopic (exact) mass is 358 g/mol. The second kappa shape index (κ2) is 8.08. The summed E-state index contributed by atoms with van der Waals surface area (Å²) >= 11 is 0. The third kappa shape index (κ3) is 4.65. The molecule has 0 aromatic heterocycles. The van der Waals surface area contributed by atoms with Crippen LogP contribution in [-0.4, -0.2) is 23.9 Å². The van der Waals surface area contributed by atoms with Gasteiger partial charge in [0.15, 0.2) is 0 Å². The van der Waals surface area contributed by atoms with Gasteiger partial charge in [0.25, 0.3) is 11.8 Å². The van der Waals surface area contributed by atoms with Crippen LogP contribution in [0.25, 0.3) is 0 Å². The topological polar surface area (TPSA) is 58.2 Å². The van der Waals surface area contributed by atoms with E-state index in [2.05, 4.69) is 10.6 Å². The summed E-state index contributed by atoms with van der Waals surface area (Å²) in [7, 11) is 0. The SMILES string of the molecule is O=C(N[C@H]1CCC[C@H](NC(=O)c2cccc(F)c2)C1)c1cccc(F)c1. The van der Waals surface area contributed by atoms with Gasteiger partial charge in [-0.05, 0) is 62.1 Å². The molecule has 2 N–H and O–H groups in total. The van der Waals surface area contributed by atoms with Crippen molar-refractivity contribution in [1.29, 1.82) is 0 Å². The van der Waals surface area contributed by atoms with Crippen LogP contribution < -0.4 is 10.6 Å². The molecule has 0 spiro atoms. The second-order valence-electron chi connectivity index (χ2n) is 6.53. The highest BCUT2D eigenvalue weighted by molar-refractivity contribution is 5.95. The average Bonchev–Trinajstić information content (AvgIpc) is 2.62. The van der Waals surface area contributed by atoms with E-state index in [0.29, 0.717) is 6.42 Å². The number of carbonyl (C=O) groups is 2. The van der Waals surface area contributed by atoms with Crippen molar-refractivity contribution in [2.45, 2.75) is 37.8 Å². The van der Waals surface area contributed by atoms with E-state index in [9.17, 15) is 18.4 Å². The molecule has 2 amide bonds. The molecule has 6 heteroatoms. The molecule has 1 saturated carbocycles. The Morgan fingerprint density at radius 2 is 1.27 bits per heavy atom. The fourth-order valence-electron chi connectivity index (χ4n) is 3.25. The first-order valence-electron chi connectivity index (χ1n) is 8.64. The molecule has 0 bridgehead atoms. The molecule has 0 radical (unpaired) electrons. The predicted octanol–water partition coefficient (Wildman–Crippen LogP) is 3.44. The normalized spacial score (nSPS) is 19.6. The lowest BCUT2D eigenvalue weighted by atomic mass is 9.90. The molecule has 3 rings (SSSR count). The molecule has 1 aliphatic rings. The smallest absolute Gasteiger partial charge is 0.251 e. The molecule has 0 aliphatic heterocycles. The van der Waals surface area contributed by atoms with Gasteiger partial charge in [-0.2, -0.15) is 0 Å². The first-order valence-corrected chi connectivity index (χ1v) is 8.64. The van der Waals surface area contributed by atoms with Gasteiger partial charge in [0.05, 0.1) is 0 Å². The summed E-state index contributed by atoms with van der Waals surface area (Å²) in [5.74, 6) is -1.57. The quantitative estimate of drug-likeness (QED) is 0.880. The molecule has 1 fully saturated rings. The molecule has 2 aromatic carbocycles. The van der Waals surface area contributed by atoms with Crippen molar-refractivity contribution < 1.29 is 18.4 Å². The van der Waals surface area contributed by atoms with Crippen molar-refractivity contribution in [2.75, 3.05) is 0 Å². The van der Waals surface area contributed by atoms with Crippen LogP contribution in [0.1, 0.15) is 46.4 Å². The predicted molar refractivity (Wildman–Crippen MR) is 93.8 cm³/mol. The fourth-order valence-corrected chi connectivity index (χ4v) is 3.25. The van der Waals surface area contributed by atoms with Gasteiger partial charge in [0, 0.05) is 23.2 Å². The number of rotatable bonds is 4. The van der Waals surface area contributed by atoms with Crippen LogP contribution in [0, 0.1) is 11.6 Å². The Morgan fingerprint density at radius 3 is 1.69 bits per heavy atom. The lowest BCUT2D eigenvalue weighted by molar-refractivity contribution is 0.0902. The van der Waals surface area contributed by atoms with Gasteiger partial charge in [-0.25, -0.2) is 8.78 Å². The Bertz CT molecular complexity index is 744. The van der Waals surface area contributed by atoms with Crippen LogP contribution in [-0.2, 0) is 0 Å². The number of hydrogen-bond acceptors (Lipinski definition) is 2. The molecular weight excluding hydrogens is 338 g/mol. The highest BCUT2D eigenvalue weighted by Crippen LogP contribution is 2.20. The Kier molecular flexibility index (Phi) is 5.61. The highest BCUT2D eigenvalue weighted by atomic mass is 19.1. The Hall–Kier alpha value is -2.76. The maximum Gasteiger partial charge on any atom is 0.251 e. The second-order valence-corrected chi connectivity index (χ2v) is 6.53. The number of amides is 2. The third-order valence-electron chi connectivity index (χ3n) is 4.52. The van der Waals surface area contributed by atoms with Gasteiger partial charge in [0.1, 0.15) is 11.6 Å². The lowest BCUT2D eigenvalue weighted by Gasteiger charge is -2.30. The molecule has 0 unspecified atom stereocenters. The van der Waals surface area contributed by atoms with E-state index < -0.39 is 11.6 Å². The summed E-state index contributed by atoms with van der Waals surface area (Å²) < 4.78 is 26.5. The first kappa shape index (κ1) is 18.0. The van der Waals surface area contributed by atoms with E-state index in [4.69, 9.17) is 0 Å². The Morgan fingerprint density at radius 1 is 0.808 bits per heavy atom. The fraction of sp³-hybridized carbons (Fsp3) is 0.300. The van der Waals surface area contributed by atoms with Gasteiger partial charge < -0.3 is 10.6 Å². The largest absolute Gasteiger partial charge is 0.349 e.